The molecule has 2 heterocycles. The molecule has 3 rings (SSSR count). The van der Waals surface area contributed by atoms with Crippen LogP contribution in [0.15, 0.2) is 16.7 Å². The molecule has 0 aliphatic carbocycles. The van der Waals surface area contributed by atoms with E-state index in [1.165, 1.54) is 6.07 Å². The van der Waals surface area contributed by atoms with Gasteiger partial charge >= 0.3 is 12.1 Å². The van der Waals surface area contributed by atoms with Gasteiger partial charge in [0.2, 0.25) is 5.82 Å². The highest BCUT2D eigenvalue weighted by Crippen LogP contribution is 2.33. The van der Waals surface area contributed by atoms with Crippen molar-refractivity contribution in [2.24, 2.45) is 0 Å². The molecule has 0 saturated carbocycles. The summed E-state index contributed by atoms with van der Waals surface area (Å²) < 4.78 is 61.1. The Hall–Kier alpha value is -2.16. The van der Waals surface area contributed by atoms with Crippen LogP contribution in [0.4, 0.5) is 17.6 Å². The second-order valence-corrected chi connectivity index (χ2v) is 4.95. The van der Waals surface area contributed by atoms with Gasteiger partial charge in [-0.05, 0) is 19.1 Å². The molecule has 1 atom stereocenters. The molecule has 0 amide bonds. The van der Waals surface area contributed by atoms with Crippen molar-refractivity contribution < 1.29 is 26.8 Å². The van der Waals surface area contributed by atoms with Crippen LogP contribution in [0.2, 0.25) is 0 Å². The number of ether oxygens (including phenoxy) is 1. The van der Waals surface area contributed by atoms with Crippen LogP contribution in [0.25, 0.3) is 11.4 Å². The molecule has 0 saturated heterocycles. The summed E-state index contributed by atoms with van der Waals surface area (Å²) in [6, 6.07) is 2.49. The monoisotopic (exact) mass is 317 g/mol. The van der Waals surface area contributed by atoms with E-state index in [1.807, 2.05) is 6.92 Å². The molecule has 1 aliphatic rings. The van der Waals surface area contributed by atoms with Gasteiger partial charge in [0.15, 0.2) is 0 Å². The summed E-state index contributed by atoms with van der Waals surface area (Å²) in [6.45, 7) is 2.46. The predicted octanol–water partition coefficient (Wildman–Crippen LogP) is 2.77. The van der Waals surface area contributed by atoms with Crippen molar-refractivity contribution in [2.75, 3.05) is 6.61 Å². The number of aromatic nitrogens is 2. The van der Waals surface area contributed by atoms with Crippen LogP contribution in [-0.4, -0.2) is 22.8 Å². The molecule has 118 valence electrons. The Kier molecular flexibility index (Phi) is 3.51. The Balaban J connectivity index is 1.99. The molecule has 0 bridgehead atoms. The van der Waals surface area contributed by atoms with Gasteiger partial charge in [-0.3, -0.25) is 0 Å². The van der Waals surface area contributed by atoms with Gasteiger partial charge in [-0.25, -0.2) is 4.39 Å². The third-order valence-corrected chi connectivity index (χ3v) is 3.20. The average Bonchev–Trinajstić information content (AvgIpc) is 2.86. The molecule has 0 spiro atoms. The molecule has 1 aromatic heterocycles. The fourth-order valence-electron chi connectivity index (χ4n) is 2.05. The first-order valence-electron chi connectivity index (χ1n) is 6.44. The van der Waals surface area contributed by atoms with Gasteiger partial charge in [0, 0.05) is 23.7 Å². The summed E-state index contributed by atoms with van der Waals surface area (Å²) in [6.07, 6.45) is -4.74. The molecule has 5 nitrogen and oxygen atoms in total. The lowest BCUT2D eigenvalue weighted by atomic mass is 10.1. The summed E-state index contributed by atoms with van der Waals surface area (Å²) in [5.74, 6) is -2.17. The first-order valence-corrected chi connectivity index (χ1v) is 6.44. The standard InChI is InChI=1S/C13H11F4N3O2/c1-6-5-21-10-3-7(2-9(14)8(10)4-18-6)11-19-12(22-20-11)13(15,16)17/h2-3,6,18H,4-5H2,1H3/t6-/m0/s1. The van der Waals surface area contributed by atoms with Crippen LogP contribution in [-0.2, 0) is 12.7 Å². The number of hydrogen-bond acceptors (Lipinski definition) is 5. The highest BCUT2D eigenvalue weighted by Gasteiger charge is 2.38. The summed E-state index contributed by atoms with van der Waals surface area (Å²) >= 11 is 0. The SMILES string of the molecule is C[C@H]1COc2cc(-c3noc(C(F)(F)F)n3)cc(F)c2CN1. The topological polar surface area (TPSA) is 60.2 Å². The lowest BCUT2D eigenvalue weighted by molar-refractivity contribution is -0.159. The van der Waals surface area contributed by atoms with E-state index in [2.05, 4.69) is 20.0 Å². The van der Waals surface area contributed by atoms with E-state index in [9.17, 15) is 17.6 Å². The van der Waals surface area contributed by atoms with E-state index in [4.69, 9.17) is 4.74 Å². The number of fused-ring (bicyclic) bond motifs is 1. The van der Waals surface area contributed by atoms with Crippen LogP contribution in [0.1, 0.15) is 18.4 Å². The Labute approximate surface area is 122 Å². The van der Waals surface area contributed by atoms with E-state index in [-0.39, 0.29) is 29.7 Å². The van der Waals surface area contributed by atoms with E-state index in [0.717, 1.165) is 6.07 Å². The minimum absolute atomic E-state index is 0.0252. The predicted molar refractivity (Wildman–Crippen MR) is 66.5 cm³/mol. The molecule has 2 aromatic rings. The van der Waals surface area contributed by atoms with E-state index in [0.29, 0.717) is 12.2 Å². The van der Waals surface area contributed by atoms with E-state index in [1.54, 1.807) is 0 Å². The van der Waals surface area contributed by atoms with Crippen molar-refractivity contribution in [1.29, 1.82) is 0 Å². The number of nitrogens with one attached hydrogen (secondary N) is 1. The molecular weight excluding hydrogens is 306 g/mol. The first kappa shape index (κ1) is 14.8. The minimum atomic E-state index is -4.74. The van der Waals surface area contributed by atoms with Crippen LogP contribution in [0.3, 0.4) is 0 Å². The number of halogens is 4. The summed E-state index contributed by atoms with van der Waals surface area (Å²) in [5.41, 5.74) is 0.373. The summed E-state index contributed by atoms with van der Waals surface area (Å²) in [4.78, 5) is 3.24. The Morgan fingerprint density at radius 1 is 1.32 bits per heavy atom. The van der Waals surface area contributed by atoms with Gasteiger partial charge in [-0.2, -0.15) is 18.2 Å². The maximum Gasteiger partial charge on any atom is 0.471 e. The van der Waals surface area contributed by atoms with Crippen molar-refractivity contribution in [1.82, 2.24) is 15.5 Å². The third-order valence-electron chi connectivity index (χ3n) is 3.20. The average molecular weight is 317 g/mol. The van der Waals surface area contributed by atoms with Crippen LogP contribution in [0, 0.1) is 5.82 Å². The first-order chi connectivity index (χ1) is 10.3. The normalized spacial score (nSPS) is 18.5. The van der Waals surface area contributed by atoms with Crippen LogP contribution >= 0.6 is 0 Å². The van der Waals surface area contributed by atoms with Gasteiger partial charge < -0.3 is 14.6 Å². The zero-order valence-electron chi connectivity index (χ0n) is 11.4. The number of rotatable bonds is 1. The van der Waals surface area contributed by atoms with Gasteiger partial charge in [-0.15, -0.1) is 0 Å². The Morgan fingerprint density at radius 3 is 2.77 bits per heavy atom. The van der Waals surface area contributed by atoms with Gasteiger partial charge in [0.05, 0.1) is 0 Å². The molecule has 0 fully saturated rings. The number of nitrogens with zero attached hydrogens (tertiary/aromatic N) is 2. The molecular formula is C13H11F4N3O2. The summed E-state index contributed by atoms with van der Waals surface area (Å²) in [7, 11) is 0. The van der Waals surface area contributed by atoms with Crippen molar-refractivity contribution in [3.05, 3.63) is 29.4 Å². The fourth-order valence-corrected chi connectivity index (χ4v) is 2.05. The quantitative estimate of drug-likeness (QED) is 0.820. The van der Waals surface area contributed by atoms with Gasteiger partial charge in [0.25, 0.3) is 0 Å². The lowest BCUT2D eigenvalue weighted by Crippen LogP contribution is -2.28. The second kappa shape index (κ2) is 5.24. The van der Waals surface area contributed by atoms with Crippen LogP contribution in [0.5, 0.6) is 5.75 Å². The second-order valence-electron chi connectivity index (χ2n) is 4.95. The van der Waals surface area contributed by atoms with E-state index < -0.39 is 17.9 Å². The molecule has 1 aromatic carbocycles. The van der Waals surface area contributed by atoms with Crippen molar-refractivity contribution in [2.45, 2.75) is 25.7 Å². The largest absolute Gasteiger partial charge is 0.492 e. The number of alkyl halides is 3. The number of benzene rings is 1. The molecule has 0 radical (unpaired) electrons. The Morgan fingerprint density at radius 2 is 2.09 bits per heavy atom. The summed E-state index contributed by atoms with van der Waals surface area (Å²) in [5, 5.41) is 6.30. The van der Waals surface area contributed by atoms with E-state index >= 15 is 0 Å². The zero-order valence-corrected chi connectivity index (χ0v) is 11.4. The molecule has 0 unspecified atom stereocenters. The highest BCUT2D eigenvalue weighted by atomic mass is 19.4. The number of hydrogen-bond donors (Lipinski definition) is 1. The fraction of sp³-hybridized carbons (Fsp3) is 0.385. The lowest BCUT2D eigenvalue weighted by Gasteiger charge is -2.09. The smallest absolute Gasteiger partial charge is 0.471 e. The van der Waals surface area contributed by atoms with Gasteiger partial charge in [-0.1, -0.05) is 5.16 Å². The zero-order chi connectivity index (χ0) is 15.9. The van der Waals surface area contributed by atoms with Crippen molar-refractivity contribution in [3.63, 3.8) is 0 Å². The van der Waals surface area contributed by atoms with Crippen molar-refractivity contribution >= 4 is 0 Å². The van der Waals surface area contributed by atoms with Gasteiger partial charge in [0.1, 0.15) is 18.2 Å². The Bertz CT molecular complexity index is 699. The third kappa shape index (κ3) is 2.76. The molecule has 1 N–H and O–H groups in total. The minimum Gasteiger partial charge on any atom is -0.492 e. The van der Waals surface area contributed by atoms with Crippen LogP contribution < -0.4 is 10.1 Å². The maximum atomic E-state index is 14.1. The van der Waals surface area contributed by atoms with Crippen molar-refractivity contribution in [3.8, 4) is 17.1 Å². The maximum absolute atomic E-state index is 14.1. The molecule has 22 heavy (non-hydrogen) atoms. The molecule has 1 aliphatic heterocycles. The highest BCUT2D eigenvalue weighted by molar-refractivity contribution is 5.59. The molecule has 9 heteroatoms.